The van der Waals surface area contributed by atoms with Crippen LogP contribution in [0, 0.1) is 5.92 Å². The zero-order chi connectivity index (χ0) is 15.9. The van der Waals surface area contributed by atoms with Gasteiger partial charge in [-0.1, -0.05) is 50.6 Å². The predicted molar refractivity (Wildman–Crippen MR) is 88.5 cm³/mol. The maximum atomic E-state index is 12.4. The summed E-state index contributed by atoms with van der Waals surface area (Å²) in [5.74, 6) is 0.379. The quantitative estimate of drug-likeness (QED) is 0.848. The van der Waals surface area contributed by atoms with Crippen LogP contribution < -0.4 is 5.32 Å². The van der Waals surface area contributed by atoms with E-state index in [2.05, 4.69) is 36.2 Å². The number of piperidine rings is 1. The monoisotopic (exact) mass is 304 g/mol. The number of benzene rings is 1. The molecule has 0 radical (unpaired) electrons. The zero-order valence-corrected chi connectivity index (χ0v) is 13.7. The molecule has 1 aliphatic heterocycles. The van der Waals surface area contributed by atoms with Crippen LogP contribution in [-0.4, -0.2) is 41.7 Å². The minimum Gasteiger partial charge on any atom is -0.395 e. The van der Waals surface area contributed by atoms with Crippen molar-refractivity contribution < 1.29 is 9.90 Å². The van der Waals surface area contributed by atoms with Gasteiger partial charge in [0.25, 0.3) is 0 Å². The first kappa shape index (κ1) is 17.0. The Kier molecular flexibility index (Phi) is 6.40. The number of aliphatic hydroxyl groups excluding tert-OH is 1. The molecule has 1 saturated heterocycles. The van der Waals surface area contributed by atoms with Crippen molar-refractivity contribution >= 4 is 5.91 Å². The number of rotatable bonds is 6. The molecule has 2 N–H and O–H groups in total. The van der Waals surface area contributed by atoms with Gasteiger partial charge in [0.05, 0.1) is 19.2 Å². The van der Waals surface area contributed by atoms with Gasteiger partial charge in [0.1, 0.15) is 0 Å². The molecule has 0 aromatic heterocycles. The molecule has 0 bridgehead atoms. The largest absolute Gasteiger partial charge is 0.395 e. The van der Waals surface area contributed by atoms with Crippen molar-refractivity contribution in [2.45, 2.75) is 45.2 Å². The predicted octanol–water partition coefficient (Wildman–Crippen LogP) is 2.35. The van der Waals surface area contributed by atoms with E-state index in [9.17, 15) is 9.90 Å². The van der Waals surface area contributed by atoms with Crippen LogP contribution in [0.4, 0.5) is 0 Å². The minimum absolute atomic E-state index is 0.0334. The molecule has 1 amide bonds. The van der Waals surface area contributed by atoms with E-state index in [1.807, 2.05) is 18.2 Å². The molecule has 1 fully saturated rings. The van der Waals surface area contributed by atoms with Crippen LogP contribution in [0.2, 0.25) is 0 Å². The molecular weight excluding hydrogens is 276 g/mol. The zero-order valence-electron chi connectivity index (χ0n) is 13.7. The number of carbonyl (C=O) groups excluding carboxylic acids is 1. The van der Waals surface area contributed by atoms with Crippen LogP contribution in [0.1, 0.15) is 44.7 Å². The number of hydrogen-bond donors (Lipinski definition) is 2. The molecule has 4 heteroatoms. The van der Waals surface area contributed by atoms with Gasteiger partial charge < -0.3 is 10.4 Å². The first-order chi connectivity index (χ1) is 10.6. The molecule has 0 aliphatic carbocycles. The maximum Gasteiger partial charge on any atom is 0.234 e. The lowest BCUT2D eigenvalue weighted by atomic mass is 9.96. The van der Waals surface area contributed by atoms with Crippen LogP contribution in [0.3, 0.4) is 0 Å². The number of amides is 1. The number of nitrogens with zero attached hydrogens (tertiary/aromatic N) is 1. The molecule has 122 valence electrons. The van der Waals surface area contributed by atoms with Crippen molar-refractivity contribution in [3.63, 3.8) is 0 Å². The highest BCUT2D eigenvalue weighted by atomic mass is 16.3. The van der Waals surface area contributed by atoms with Crippen molar-refractivity contribution in [1.29, 1.82) is 0 Å². The molecule has 2 atom stereocenters. The number of likely N-dealkylation sites (tertiary alicyclic amines) is 1. The fraction of sp³-hybridized carbons (Fsp3) is 0.611. The summed E-state index contributed by atoms with van der Waals surface area (Å²) in [4.78, 5) is 14.5. The fourth-order valence-corrected chi connectivity index (χ4v) is 3.17. The van der Waals surface area contributed by atoms with Gasteiger partial charge in [-0.2, -0.15) is 0 Å². The summed E-state index contributed by atoms with van der Waals surface area (Å²) in [7, 11) is 0. The number of nitrogens with one attached hydrogen (secondary N) is 1. The summed E-state index contributed by atoms with van der Waals surface area (Å²) in [6.45, 7) is 5.65. The van der Waals surface area contributed by atoms with E-state index in [-0.39, 0.29) is 24.6 Å². The van der Waals surface area contributed by atoms with Crippen LogP contribution >= 0.6 is 0 Å². The van der Waals surface area contributed by atoms with Gasteiger partial charge >= 0.3 is 0 Å². The van der Waals surface area contributed by atoms with E-state index in [1.54, 1.807) is 0 Å². The highest BCUT2D eigenvalue weighted by Gasteiger charge is 2.25. The molecular formula is C18H28N2O2. The van der Waals surface area contributed by atoms with Gasteiger partial charge in [-0.05, 0) is 30.9 Å². The van der Waals surface area contributed by atoms with E-state index < -0.39 is 0 Å². The topological polar surface area (TPSA) is 52.6 Å². The second-order valence-electron chi connectivity index (χ2n) is 6.50. The van der Waals surface area contributed by atoms with Crippen LogP contribution in [-0.2, 0) is 4.79 Å². The van der Waals surface area contributed by atoms with Crippen LogP contribution in [0.5, 0.6) is 0 Å². The molecule has 4 nitrogen and oxygen atoms in total. The normalized spacial score (nSPS) is 20.8. The number of carbonyl (C=O) groups is 1. The minimum atomic E-state index is 0.0334. The summed E-state index contributed by atoms with van der Waals surface area (Å²) < 4.78 is 0. The Bertz CT molecular complexity index is 461. The molecule has 1 aliphatic rings. The van der Waals surface area contributed by atoms with Gasteiger partial charge in [-0.3, -0.25) is 9.69 Å². The van der Waals surface area contributed by atoms with Crippen LogP contribution in [0.25, 0.3) is 0 Å². The van der Waals surface area contributed by atoms with Crippen molar-refractivity contribution in [1.82, 2.24) is 10.2 Å². The lowest BCUT2D eigenvalue weighted by Gasteiger charge is -2.34. The molecule has 1 aromatic carbocycles. The summed E-state index contributed by atoms with van der Waals surface area (Å²) in [6, 6.07) is 10.3. The highest BCUT2D eigenvalue weighted by Crippen LogP contribution is 2.22. The third kappa shape index (κ3) is 4.55. The Hall–Kier alpha value is -1.39. The maximum absolute atomic E-state index is 12.4. The third-order valence-electron chi connectivity index (χ3n) is 4.45. The van der Waals surface area contributed by atoms with E-state index in [4.69, 9.17) is 0 Å². The van der Waals surface area contributed by atoms with Crippen LogP contribution in [0.15, 0.2) is 30.3 Å². The van der Waals surface area contributed by atoms with Gasteiger partial charge in [0, 0.05) is 6.04 Å². The molecule has 22 heavy (non-hydrogen) atoms. The van der Waals surface area contributed by atoms with Crippen molar-refractivity contribution in [3.05, 3.63) is 35.9 Å². The van der Waals surface area contributed by atoms with E-state index in [0.717, 1.165) is 31.4 Å². The summed E-state index contributed by atoms with van der Waals surface area (Å²) in [6.07, 6.45) is 3.23. The van der Waals surface area contributed by atoms with Gasteiger partial charge in [0.2, 0.25) is 5.91 Å². The molecule has 1 heterocycles. The molecule has 0 saturated carbocycles. The molecule has 0 spiro atoms. The Morgan fingerprint density at radius 3 is 2.68 bits per heavy atom. The standard InChI is InChI=1S/C18H28N2O2/c1-14(2)18(15-8-4-3-5-9-15)19-17(22)12-20-11-7-6-10-16(20)13-21/h3-5,8-9,14,16,18,21H,6-7,10-13H2,1-2H3,(H,19,22). The Labute approximate surface area is 133 Å². The molecule has 2 rings (SSSR count). The average Bonchev–Trinajstić information content (AvgIpc) is 2.53. The number of aliphatic hydroxyl groups is 1. The first-order valence-corrected chi connectivity index (χ1v) is 8.31. The summed E-state index contributed by atoms with van der Waals surface area (Å²) in [5.41, 5.74) is 1.14. The second kappa shape index (κ2) is 8.30. The number of hydrogen-bond acceptors (Lipinski definition) is 3. The lowest BCUT2D eigenvalue weighted by molar-refractivity contribution is -0.124. The summed E-state index contributed by atoms with van der Waals surface area (Å²) in [5, 5.41) is 12.6. The second-order valence-corrected chi connectivity index (χ2v) is 6.50. The third-order valence-corrected chi connectivity index (χ3v) is 4.45. The Morgan fingerprint density at radius 2 is 2.05 bits per heavy atom. The lowest BCUT2D eigenvalue weighted by Crippen LogP contribution is -2.48. The average molecular weight is 304 g/mol. The SMILES string of the molecule is CC(C)C(NC(=O)CN1CCCCC1CO)c1ccccc1. The Balaban J connectivity index is 1.96. The molecule has 2 unspecified atom stereocenters. The van der Waals surface area contributed by atoms with E-state index in [0.29, 0.717) is 12.5 Å². The molecule has 1 aromatic rings. The summed E-state index contributed by atoms with van der Waals surface area (Å²) >= 11 is 0. The van der Waals surface area contributed by atoms with Gasteiger partial charge in [-0.15, -0.1) is 0 Å². The van der Waals surface area contributed by atoms with Crippen molar-refractivity contribution in [2.24, 2.45) is 5.92 Å². The van der Waals surface area contributed by atoms with E-state index in [1.165, 1.54) is 0 Å². The van der Waals surface area contributed by atoms with E-state index >= 15 is 0 Å². The van der Waals surface area contributed by atoms with Crippen molar-refractivity contribution in [3.8, 4) is 0 Å². The van der Waals surface area contributed by atoms with Gasteiger partial charge in [0.15, 0.2) is 0 Å². The fourth-order valence-electron chi connectivity index (χ4n) is 3.17. The smallest absolute Gasteiger partial charge is 0.234 e. The van der Waals surface area contributed by atoms with Crippen molar-refractivity contribution in [2.75, 3.05) is 19.7 Å². The van der Waals surface area contributed by atoms with Gasteiger partial charge in [-0.25, -0.2) is 0 Å². The first-order valence-electron chi connectivity index (χ1n) is 8.31. The Morgan fingerprint density at radius 1 is 1.32 bits per heavy atom. The highest BCUT2D eigenvalue weighted by molar-refractivity contribution is 5.78.